The van der Waals surface area contributed by atoms with E-state index in [1.54, 1.807) is 0 Å². The summed E-state index contributed by atoms with van der Waals surface area (Å²) in [5, 5.41) is 0. The van der Waals surface area contributed by atoms with Gasteiger partial charge in [0.1, 0.15) is 0 Å². The van der Waals surface area contributed by atoms with E-state index in [9.17, 15) is 4.79 Å². The number of nitrogens with two attached hydrogens (primary N) is 1. The van der Waals surface area contributed by atoms with E-state index in [0.29, 0.717) is 11.9 Å². The molecule has 4 nitrogen and oxygen atoms in total. The van der Waals surface area contributed by atoms with Crippen molar-refractivity contribution >= 4 is 30.7 Å². The third-order valence-corrected chi connectivity index (χ3v) is 4.69. The van der Waals surface area contributed by atoms with Gasteiger partial charge in [-0.3, -0.25) is 9.69 Å². The molecule has 1 aliphatic carbocycles. The van der Waals surface area contributed by atoms with Gasteiger partial charge in [0.15, 0.2) is 0 Å². The van der Waals surface area contributed by atoms with Crippen LogP contribution in [0.2, 0.25) is 0 Å². The van der Waals surface area contributed by atoms with Crippen molar-refractivity contribution in [3.63, 3.8) is 0 Å². The Kier molecular flexibility index (Phi) is 9.07. The molecule has 120 valence electrons. The van der Waals surface area contributed by atoms with E-state index in [0.717, 1.165) is 51.9 Å². The molecule has 0 radical (unpaired) electrons. The van der Waals surface area contributed by atoms with Crippen LogP contribution in [0.25, 0.3) is 0 Å². The molecule has 3 unspecified atom stereocenters. The van der Waals surface area contributed by atoms with E-state index < -0.39 is 0 Å². The molecule has 1 amide bonds. The molecule has 0 aromatic carbocycles. The van der Waals surface area contributed by atoms with Crippen LogP contribution in [0.3, 0.4) is 0 Å². The van der Waals surface area contributed by atoms with Crippen LogP contribution in [0.5, 0.6) is 0 Å². The van der Waals surface area contributed by atoms with Crippen LogP contribution in [0.15, 0.2) is 0 Å². The first-order valence-electron chi connectivity index (χ1n) is 7.45. The SMILES string of the molecule is CCN(CC)C1CCN(C(=O)C2CCCC2N)C1.Cl.Cl. The standard InChI is InChI=1S/C14H27N3O.2ClH/c1-3-16(4-2)11-8-9-17(10-11)14(18)12-6-5-7-13(12)15;;/h11-13H,3-10,15H2,1-2H3;2*1H. The van der Waals surface area contributed by atoms with Crippen molar-refractivity contribution in [1.29, 1.82) is 0 Å². The molecule has 2 N–H and O–H groups in total. The number of hydrogen-bond donors (Lipinski definition) is 1. The number of rotatable bonds is 4. The number of nitrogens with zero attached hydrogens (tertiary/aromatic N) is 2. The molecule has 0 aromatic rings. The van der Waals surface area contributed by atoms with Crippen molar-refractivity contribution < 1.29 is 4.79 Å². The molecule has 0 aromatic heterocycles. The van der Waals surface area contributed by atoms with E-state index in [1.165, 1.54) is 0 Å². The Labute approximate surface area is 135 Å². The molecular weight excluding hydrogens is 297 g/mol. The molecule has 0 spiro atoms. The number of likely N-dealkylation sites (N-methyl/N-ethyl adjacent to an activating group) is 1. The second kappa shape index (κ2) is 9.08. The lowest BCUT2D eigenvalue weighted by Crippen LogP contribution is -2.43. The lowest BCUT2D eigenvalue weighted by molar-refractivity contribution is -0.134. The highest BCUT2D eigenvalue weighted by atomic mass is 35.5. The Balaban J connectivity index is 0.00000180. The van der Waals surface area contributed by atoms with Crippen LogP contribution in [0, 0.1) is 5.92 Å². The molecule has 20 heavy (non-hydrogen) atoms. The highest BCUT2D eigenvalue weighted by molar-refractivity contribution is 5.85. The molecule has 1 saturated heterocycles. The van der Waals surface area contributed by atoms with Crippen LogP contribution >= 0.6 is 24.8 Å². The van der Waals surface area contributed by atoms with Crippen molar-refractivity contribution in [2.45, 2.75) is 51.6 Å². The normalized spacial score (nSPS) is 29.2. The van der Waals surface area contributed by atoms with Gasteiger partial charge in [-0.1, -0.05) is 20.3 Å². The first kappa shape index (κ1) is 20.0. The number of carbonyl (C=O) groups is 1. The summed E-state index contributed by atoms with van der Waals surface area (Å²) in [6, 6.07) is 0.659. The van der Waals surface area contributed by atoms with Crippen molar-refractivity contribution in [2.24, 2.45) is 11.7 Å². The smallest absolute Gasteiger partial charge is 0.227 e. The maximum absolute atomic E-state index is 12.4. The van der Waals surface area contributed by atoms with Gasteiger partial charge in [0.05, 0.1) is 5.92 Å². The molecule has 3 atom stereocenters. The number of hydrogen-bond acceptors (Lipinski definition) is 3. The zero-order valence-corrected chi connectivity index (χ0v) is 14.2. The fourth-order valence-corrected chi connectivity index (χ4v) is 3.51. The maximum atomic E-state index is 12.4. The van der Waals surface area contributed by atoms with Gasteiger partial charge in [-0.15, -0.1) is 24.8 Å². The summed E-state index contributed by atoms with van der Waals surface area (Å²) < 4.78 is 0. The second-order valence-electron chi connectivity index (χ2n) is 5.65. The quantitative estimate of drug-likeness (QED) is 0.858. The molecule has 1 heterocycles. The molecule has 2 fully saturated rings. The van der Waals surface area contributed by atoms with Crippen LogP contribution in [-0.4, -0.2) is 54.0 Å². The predicted octanol–water partition coefficient (Wildman–Crippen LogP) is 1.90. The summed E-state index contributed by atoms with van der Waals surface area (Å²) in [7, 11) is 0. The molecule has 1 saturated carbocycles. The average molecular weight is 326 g/mol. The fourth-order valence-electron chi connectivity index (χ4n) is 3.51. The summed E-state index contributed by atoms with van der Waals surface area (Å²) >= 11 is 0. The molecule has 2 rings (SSSR count). The largest absolute Gasteiger partial charge is 0.341 e. The lowest BCUT2D eigenvalue weighted by Gasteiger charge is -2.27. The van der Waals surface area contributed by atoms with Gasteiger partial charge in [0.2, 0.25) is 5.91 Å². The number of halogens is 2. The van der Waals surface area contributed by atoms with E-state index in [1.807, 2.05) is 0 Å². The van der Waals surface area contributed by atoms with Crippen molar-refractivity contribution in [3.05, 3.63) is 0 Å². The Morgan fingerprint density at radius 3 is 2.35 bits per heavy atom. The van der Waals surface area contributed by atoms with E-state index >= 15 is 0 Å². The van der Waals surface area contributed by atoms with Crippen molar-refractivity contribution in [1.82, 2.24) is 9.80 Å². The van der Waals surface area contributed by atoms with Crippen molar-refractivity contribution in [3.8, 4) is 0 Å². The van der Waals surface area contributed by atoms with Crippen LogP contribution < -0.4 is 5.73 Å². The van der Waals surface area contributed by atoms with E-state index in [-0.39, 0.29) is 36.8 Å². The fraction of sp³-hybridized carbons (Fsp3) is 0.929. The number of carbonyl (C=O) groups excluding carboxylic acids is 1. The predicted molar refractivity (Wildman–Crippen MR) is 87.7 cm³/mol. The highest BCUT2D eigenvalue weighted by Gasteiger charge is 2.37. The van der Waals surface area contributed by atoms with Gasteiger partial charge in [0.25, 0.3) is 0 Å². The topological polar surface area (TPSA) is 49.6 Å². The molecule has 1 aliphatic heterocycles. The second-order valence-corrected chi connectivity index (χ2v) is 5.65. The van der Waals surface area contributed by atoms with Gasteiger partial charge >= 0.3 is 0 Å². The van der Waals surface area contributed by atoms with Crippen LogP contribution in [-0.2, 0) is 4.79 Å². The molecule has 0 bridgehead atoms. The summed E-state index contributed by atoms with van der Waals surface area (Å²) in [6.07, 6.45) is 4.25. The summed E-state index contributed by atoms with van der Waals surface area (Å²) in [5.74, 6) is 0.412. The average Bonchev–Trinajstić information content (AvgIpc) is 2.99. The summed E-state index contributed by atoms with van der Waals surface area (Å²) in [6.45, 7) is 8.37. The molecular formula is C14H29Cl2N3O. The minimum absolute atomic E-state index is 0. The van der Waals surface area contributed by atoms with Gasteiger partial charge < -0.3 is 10.6 Å². The summed E-state index contributed by atoms with van der Waals surface area (Å²) in [4.78, 5) is 16.9. The third-order valence-electron chi connectivity index (χ3n) is 4.69. The van der Waals surface area contributed by atoms with Crippen molar-refractivity contribution in [2.75, 3.05) is 26.2 Å². The molecule has 2 aliphatic rings. The van der Waals surface area contributed by atoms with E-state index in [2.05, 4.69) is 23.6 Å². The van der Waals surface area contributed by atoms with Crippen LogP contribution in [0.4, 0.5) is 0 Å². The van der Waals surface area contributed by atoms with Crippen LogP contribution in [0.1, 0.15) is 39.5 Å². The highest BCUT2D eigenvalue weighted by Crippen LogP contribution is 2.27. The van der Waals surface area contributed by atoms with Gasteiger partial charge in [-0.05, 0) is 32.4 Å². The van der Waals surface area contributed by atoms with Gasteiger partial charge in [0, 0.05) is 25.2 Å². The Morgan fingerprint density at radius 2 is 1.85 bits per heavy atom. The zero-order valence-electron chi connectivity index (χ0n) is 12.6. The Hall–Kier alpha value is -0.0300. The van der Waals surface area contributed by atoms with Gasteiger partial charge in [-0.25, -0.2) is 0 Å². The number of likely N-dealkylation sites (tertiary alicyclic amines) is 1. The third kappa shape index (κ3) is 4.23. The zero-order chi connectivity index (χ0) is 13.1. The van der Waals surface area contributed by atoms with E-state index in [4.69, 9.17) is 5.73 Å². The monoisotopic (exact) mass is 325 g/mol. The first-order valence-corrected chi connectivity index (χ1v) is 7.45. The van der Waals surface area contributed by atoms with Gasteiger partial charge in [-0.2, -0.15) is 0 Å². The molecule has 6 heteroatoms. The number of amides is 1. The minimum Gasteiger partial charge on any atom is -0.341 e. The maximum Gasteiger partial charge on any atom is 0.227 e. The lowest BCUT2D eigenvalue weighted by atomic mass is 10.0. The first-order chi connectivity index (χ1) is 8.67. The summed E-state index contributed by atoms with van der Waals surface area (Å²) in [5.41, 5.74) is 6.04. The Bertz CT molecular complexity index is 300. The minimum atomic E-state index is 0. The Morgan fingerprint density at radius 1 is 1.20 bits per heavy atom.